The maximum Gasteiger partial charge on any atom is 0.329 e. The normalized spacial score (nSPS) is 30.7. The maximum absolute atomic E-state index is 11.3. The molecule has 0 aromatic carbocycles. The van der Waals surface area contributed by atoms with E-state index in [0.717, 1.165) is 19.3 Å². The molecule has 2 atom stereocenters. The summed E-state index contributed by atoms with van der Waals surface area (Å²) in [6.45, 7) is 1.88. The van der Waals surface area contributed by atoms with Crippen LogP contribution in [-0.4, -0.2) is 29.7 Å². The van der Waals surface area contributed by atoms with Crippen molar-refractivity contribution in [2.45, 2.75) is 38.1 Å². The van der Waals surface area contributed by atoms with Crippen LogP contribution in [0.25, 0.3) is 0 Å². The van der Waals surface area contributed by atoms with Gasteiger partial charge in [-0.25, -0.2) is 9.59 Å². The van der Waals surface area contributed by atoms with Crippen LogP contribution in [0.2, 0.25) is 0 Å². The Balaban J connectivity index is 2.85. The standard InChI is InChI=1S/C10H18N2O3/c1-7-5-3-4-6-10(7,8(13)14)12-9(15)11-2/h7H,3-6H2,1-2H3,(H,13,14)(H2,11,12,15). The third-order valence-electron chi connectivity index (χ3n) is 3.24. The second-order valence-corrected chi connectivity index (χ2v) is 4.13. The lowest BCUT2D eigenvalue weighted by atomic mass is 9.73. The molecule has 0 saturated heterocycles. The zero-order valence-electron chi connectivity index (χ0n) is 9.17. The third-order valence-corrected chi connectivity index (χ3v) is 3.24. The Morgan fingerprint density at radius 2 is 2.07 bits per heavy atom. The molecule has 2 amide bonds. The summed E-state index contributed by atoms with van der Waals surface area (Å²) in [6, 6.07) is -0.425. The zero-order valence-corrected chi connectivity index (χ0v) is 9.17. The quantitative estimate of drug-likeness (QED) is 0.640. The van der Waals surface area contributed by atoms with Crippen LogP contribution < -0.4 is 10.6 Å². The van der Waals surface area contributed by atoms with Gasteiger partial charge in [-0.2, -0.15) is 0 Å². The number of aliphatic carboxylic acids is 1. The zero-order chi connectivity index (χ0) is 11.5. The highest BCUT2D eigenvalue weighted by molar-refractivity contribution is 5.86. The van der Waals surface area contributed by atoms with E-state index in [1.54, 1.807) is 0 Å². The van der Waals surface area contributed by atoms with Crippen molar-refractivity contribution >= 4 is 12.0 Å². The van der Waals surface area contributed by atoms with Crippen LogP contribution in [0, 0.1) is 5.92 Å². The number of hydrogen-bond acceptors (Lipinski definition) is 2. The molecule has 0 heterocycles. The average Bonchev–Trinajstić information content (AvgIpc) is 2.21. The van der Waals surface area contributed by atoms with Crippen LogP contribution in [0.1, 0.15) is 32.6 Å². The van der Waals surface area contributed by atoms with Crippen molar-refractivity contribution in [2.24, 2.45) is 5.92 Å². The fourth-order valence-corrected chi connectivity index (χ4v) is 2.17. The molecular formula is C10H18N2O3. The Morgan fingerprint density at radius 3 is 2.53 bits per heavy atom. The summed E-state index contributed by atoms with van der Waals surface area (Å²) in [5.74, 6) is -0.959. The van der Waals surface area contributed by atoms with Gasteiger partial charge in [-0.3, -0.25) is 0 Å². The highest BCUT2D eigenvalue weighted by Gasteiger charge is 2.46. The van der Waals surface area contributed by atoms with E-state index in [1.807, 2.05) is 6.92 Å². The van der Waals surface area contributed by atoms with Crippen molar-refractivity contribution in [2.75, 3.05) is 7.05 Å². The molecule has 1 rings (SSSR count). The van der Waals surface area contributed by atoms with Crippen molar-refractivity contribution in [3.8, 4) is 0 Å². The Morgan fingerprint density at radius 1 is 1.40 bits per heavy atom. The first-order valence-electron chi connectivity index (χ1n) is 5.26. The minimum atomic E-state index is -1.08. The first kappa shape index (κ1) is 11.8. The van der Waals surface area contributed by atoms with E-state index in [0.29, 0.717) is 6.42 Å². The predicted octanol–water partition coefficient (Wildman–Crippen LogP) is 0.949. The lowest BCUT2D eigenvalue weighted by molar-refractivity contribution is -0.148. The van der Waals surface area contributed by atoms with Crippen LogP contribution in [-0.2, 0) is 4.79 Å². The largest absolute Gasteiger partial charge is 0.479 e. The van der Waals surface area contributed by atoms with Crippen LogP contribution >= 0.6 is 0 Å². The molecule has 5 heteroatoms. The molecule has 1 fully saturated rings. The van der Waals surface area contributed by atoms with Crippen molar-refractivity contribution in [1.29, 1.82) is 0 Å². The fourth-order valence-electron chi connectivity index (χ4n) is 2.17. The molecule has 0 aliphatic heterocycles. The Hall–Kier alpha value is -1.26. The summed E-state index contributed by atoms with van der Waals surface area (Å²) in [5.41, 5.74) is -1.08. The predicted molar refractivity (Wildman–Crippen MR) is 55.6 cm³/mol. The van der Waals surface area contributed by atoms with E-state index in [9.17, 15) is 14.7 Å². The van der Waals surface area contributed by atoms with E-state index in [4.69, 9.17) is 0 Å². The average molecular weight is 214 g/mol. The molecule has 3 N–H and O–H groups in total. The van der Waals surface area contributed by atoms with E-state index < -0.39 is 17.5 Å². The lowest BCUT2D eigenvalue weighted by Crippen LogP contribution is -2.61. The number of rotatable bonds is 2. The monoisotopic (exact) mass is 214 g/mol. The molecule has 0 aromatic heterocycles. The van der Waals surface area contributed by atoms with Gasteiger partial charge in [0.05, 0.1) is 0 Å². The number of carbonyl (C=O) groups is 2. The molecule has 0 radical (unpaired) electrons. The van der Waals surface area contributed by atoms with Crippen molar-refractivity contribution in [3.63, 3.8) is 0 Å². The van der Waals surface area contributed by atoms with E-state index >= 15 is 0 Å². The van der Waals surface area contributed by atoms with Crippen LogP contribution in [0.3, 0.4) is 0 Å². The second-order valence-electron chi connectivity index (χ2n) is 4.13. The number of carbonyl (C=O) groups excluding carboxylic acids is 1. The molecule has 1 saturated carbocycles. The summed E-state index contributed by atoms with van der Waals surface area (Å²) in [6.07, 6.45) is 3.24. The number of urea groups is 1. The van der Waals surface area contributed by atoms with Crippen LogP contribution in [0.5, 0.6) is 0 Å². The Labute approximate surface area is 89.2 Å². The van der Waals surface area contributed by atoms with Crippen LogP contribution in [0.4, 0.5) is 4.79 Å². The number of nitrogens with one attached hydrogen (secondary N) is 2. The number of amides is 2. The third kappa shape index (κ3) is 2.22. The fraction of sp³-hybridized carbons (Fsp3) is 0.800. The molecule has 1 aliphatic rings. The van der Waals surface area contributed by atoms with Crippen molar-refractivity contribution in [3.05, 3.63) is 0 Å². The number of carboxylic acids is 1. The SMILES string of the molecule is CNC(=O)NC1(C(=O)O)CCCCC1C. The van der Waals surface area contributed by atoms with Gasteiger partial charge in [0.2, 0.25) is 0 Å². The smallest absolute Gasteiger partial charge is 0.329 e. The molecule has 0 bridgehead atoms. The first-order valence-corrected chi connectivity index (χ1v) is 5.26. The van der Waals surface area contributed by atoms with Gasteiger partial charge in [0.15, 0.2) is 0 Å². The Bertz CT molecular complexity index is 267. The van der Waals surface area contributed by atoms with Gasteiger partial charge >= 0.3 is 12.0 Å². The molecule has 5 nitrogen and oxygen atoms in total. The maximum atomic E-state index is 11.3. The summed E-state index contributed by atoms with van der Waals surface area (Å²) >= 11 is 0. The molecular weight excluding hydrogens is 196 g/mol. The number of carboxylic acid groups (broad SMARTS) is 1. The highest BCUT2D eigenvalue weighted by atomic mass is 16.4. The van der Waals surface area contributed by atoms with Gasteiger partial charge in [0, 0.05) is 7.05 Å². The van der Waals surface area contributed by atoms with E-state index in [2.05, 4.69) is 10.6 Å². The van der Waals surface area contributed by atoms with Gasteiger partial charge in [0.1, 0.15) is 5.54 Å². The molecule has 1 aliphatic carbocycles. The first-order chi connectivity index (χ1) is 7.03. The summed E-state index contributed by atoms with van der Waals surface area (Å²) in [4.78, 5) is 22.5. The lowest BCUT2D eigenvalue weighted by Gasteiger charge is -2.39. The topological polar surface area (TPSA) is 78.4 Å². The molecule has 2 unspecified atom stereocenters. The van der Waals surface area contributed by atoms with Gasteiger partial charge in [-0.05, 0) is 18.8 Å². The molecule has 15 heavy (non-hydrogen) atoms. The van der Waals surface area contributed by atoms with Crippen LogP contribution in [0.15, 0.2) is 0 Å². The van der Waals surface area contributed by atoms with Crippen molar-refractivity contribution in [1.82, 2.24) is 10.6 Å². The minimum Gasteiger partial charge on any atom is -0.479 e. The summed E-state index contributed by atoms with van der Waals surface area (Å²) in [7, 11) is 1.48. The summed E-state index contributed by atoms with van der Waals surface area (Å²) in [5, 5.41) is 14.2. The van der Waals surface area contributed by atoms with Crippen molar-refractivity contribution < 1.29 is 14.7 Å². The second kappa shape index (κ2) is 4.51. The van der Waals surface area contributed by atoms with Gasteiger partial charge in [0.25, 0.3) is 0 Å². The van der Waals surface area contributed by atoms with E-state index in [-0.39, 0.29) is 5.92 Å². The highest BCUT2D eigenvalue weighted by Crippen LogP contribution is 2.33. The summed E-state index contributed by atoms with van der Waals surface area (Å²) < 4.78 is 0. The van der Waals surface area contributed by atoms with Gasteiger partial charge in [-0.1, -0.05) is 19.8 Å². The van der Waals surface area contributed by atoms with Gasteiger partial charge < -0.3 is 15.7 Å². The number of hydrogen-bond donors (Lipinski definition) is 3. The molecule has 86 valence electrons. The minimum absolute atomic E-state index is 0.0268. The van der Waals surface area contributed by atoms with Gasteiger partial charge in [-0.15, -0.1) is 0 Å². The molecule has 0 spiro atoms. The Kier molecular flexibility index (Phi) is 3.55. The molecule has 0 aromatic rings. The van der Waals surface area contributed by atoms with E-state index in [1.165, 1.54) is 7.05 Å².